The van der Waals surface area contributed by atoms with Crippen LogP contribution in [0.15, 0.2) is 195 Å². The quantitative estimate of drug-likeness (QED) is 0.0647. The lowest BCUT2D eigenvalue weighted by Crippen LogP contribution is -3.01. The van der Waals surface area contributed by atoms with Crippen molar-refractivity contribution >= 4 is 74.0 Å². The van der Waals surface area contributed by atoms with E-state index in [4.69, 9.17) is 14.7 Å². The summed E-state index contributed by atoms with van der Waals surface area (Å²) < 4.78 is 29.3. The molecule has 0 aliphatic carbocycles. The number of nitrogens with zero attached hydrogens (tertiary/aromatic N) is 19. The van der Waals surface area contributed by atoms with E-state index in [0.29, 0.717) is 72.8 Å². The average Bonchev–Trinajstić information content (AvgIpc) is 1.37. The number of hydrogen-bond donors (Lipinski definition) is 5. The van der Waals surface area contributed by atoms with Gasteiger partial charge < -0.3 is 49.2 Å². The summed E-state index contributed by atoms with van der Waals surface area (Å²) in [6, 6.07) is 37.3. The summed E-state index contributed by atoms with van der Waals surface area (Å²) in [7, 11) is 5.73. The Morgan fingerprint density at radius 2 is 0.875 bits per heavy atom. The Labute approximate surface area is 647 Å². The molecular formula is C81H88FN22O7S+. The van der Waals surface area contributed by atoms with Gasteiger partial charge in [-0.3, -0.25) is 41.8 Å². The smallest absolute Gasteiger partial charge is 0.258 e. The minimum absolute atomic E-state index is 0.0688. The van der Waals surface area contributed by atoms with Crippen LogP contribution >= 0.6 is 11.8 Å². The molecule has 2 aromatic carbocycles. The molecule has 14 aromatic rings. The van der Waals surface area contributed by atoms with Gasteiger partial charge in [0.05, 0.1) is 81.4 Å². The molecule has 4 saturated heterocycles. The predicted molar refractivity (Wildman–Crippen MR) is 434 cm³/mol. The van der Waals surface area contributed by atoms with E-state index in [1.54, 1.807) is 54.1 Å². The summed E-state index contributed by atoms with van der Waals surface area (Å²) in [5.74, 6) is 0.0213. The molecule has 0 radical (unpaired) electrons. The Hall–Kier alpha value is -11.8. The largest absolute Gasteiger partial charge is 0.491 e. The van der Waals surface area contributed by atoms with Crippen molar-refractivity contribution in [1.29, 1.82) is 0 Å². The molecule has 112 heavy (non-hydrogen) atoms. The highest BCUT2D eigenvalue weighted by molar-refractivity contribution is 7.98. The maximum absolute atomic E-state index is 14.1. The van der Waals surface area contributed by atoms with Gasteiger partial charge >= 0.3 is 0 Å². The second kappa shape index (κ2) is 33.0. The molecule has 5 N–H and O–H groups in total. The van der Waals surface area contributed by atoms with Crippen molar-refractivity contribution in [2.45, 2.75) is 32.1 Å². The number of piperazine rings is 3. The van der Waals surface area contributed by atoms with Gasteiger partial charge in [0.25, 0.3) is 22.2 Å². The first-order valence-electron chi connectivity index (χ1n) is 37.3. The van der Waals surface area contributed by atoms with Crippen LogP contribution in [-0.2, 0) is 0 Å². The minimum Gasteiger partial charge on any atom is -0.491 e. The van der Waals surface area contributed by atoms with Crippen molar-refractivity contribution in [2.24, 2.45) is 0 Å². The molecule has 0 bridgehead atoms. The first kappa shape index (κ1) is 75.6. The molecular weight excluding hydrogens is 1440 g/mol. The number of likely N-dealkylation sites (N-methyl/N-ethyl adjacent to an activating group) is 2. The number of imidazole rings is 1. The van der Waals surface area contributed by atoms with Gasteiger partial charge in [0.2, 0.25) is 5.69 Å². The first-order chi connectivity index (χ1) is 54.3. The van der Waals surface area contributed by atoms with Gasteiger partial charge in [0.1, 0.15) is 39.7 Å². The number of rotatable bonds is 11. The van der Waals surface area contributed by atoms with Crippen LogP contribution < -0.4 is 62.4 Å². The third-order valence-electron chi connectivity index (χ3n) is 20.6. The van der Waals surface area contributed by atoms with E-state index in [1.807, 2.05) is 135 Å². The number of pyridine rings is 5. The van der Waals surface area contributed by atoms with Gasteiger partial charge in [0.15, 0.2) is 5.75 Å². The molecule has 0 unspecified atom stereocenters. The highest BCUT2D eigenvalue weighted by Gasteiger charge is 2.22. The zero-order valence-electron chi connectivity index (χ0n) is 63.4. The number of thioether (sulfide) groups is 1. The van der Waals surface area contributed by atoms with Gasteiger partial charge in [-0.2, -0.15) is 15.5 Å². The number of benzene rings is 2. The lowest BCUT2D eigenvalue weighted by molar-refractivity contribution is -1.19. The van der Waals surface area contributed by atoms with E-state index in [2.05, 4.69) is 85.2 Å². The highest BCUT2D eigenvalue weighted by Crippen LogP contribution is 2.30. The predicted octanol–water partition coefficient (Wildman–Crippen LogP) is 6.94. The number of nitrogens with one attached hydrogen (secondary N) is 3. The van der Waals surface area contributed by atoms with Gasteiger partial charge in [-0.15, -0.1) is 11.8 Å². The normalized spacial score (nSPS) is 15.2. The second-order valence-corrected chi connectivity index (χ2v) is 29.1. The van der Waals surface area contributed by atoms with Crippen LogP contribution in [0.25, 0.3) is 78.9 Å². The first-order valence-corrected chi connectivity index (χ1v) is 38.5. The van der Waals surface area contributed by atoms with E-state index < -0.39 is 5.23 Å². The molecule has 18 rings (SSSR count). The number of halogens is 1. The van der Waals surface area contributed by atoms with E-state index in [0.717, 1.165) is 168 Å². The number of aryl methyl sites for hydroxylation is 3. The SMILES string of the molecule is COc1ccc(-c2cc(=O)n3cc(N4CCNCC4)ccc3n2)cc1[NH+](O)O.CSc1ccc(-c2cc(=O)n3cc(N4CCNCC4)ccc3n2)cc1F.Cc1cn2cc(-c3cc(=O)n4cc(N5CCCN(C)CC5)ccc4n3)ccc2n1.Cc1cn2nc(-c3cc(=O)n4cc(N5CCN(C)CC5)ccc4n3)cc2c(C)n1. The summed E-state index contributed by atoms with van der Waals surface area (Å²) >= 11 is 1.35. The maximum atomic E-state index is 14.1. The zero-order valence-corrected chi connectivity index (χ0v) is 64.2. The van der Waals surface area contributed by atoms with Crippen LogP contribution in [0.5, 0.6) is 5.75 Å². The van der Waals surface area contributed by atoms with E-state index >= 15 is 0 Å². The van der Waals surface area contributed by atoms with Crippen molar-refractivity contribution in [3.63, 3.8) is 0 Å². The van der Waals surface area contributed by atoms with Crippen LogP contribution in [0.2, 0.25) is 0 Å². The van der Waals surface area contributed by atoms with E-state index in [1.165, 1.54) is 47.5 Å². The van der Waals surface area contributed by atoms with E-state index in [9.17, 15) is 34.0 Å². The van der Waals surface area contributed by atoms with Crippen LogP contribution in [-0.4, -0.2) is 214 Å². The molecule has 4 fully saturated rings. The molecule has 16 heterocycles. The van der Waals surface area contributed by atoms with Crippen molar-refractivity contribution in [3.8, 4) is 50.9 Å². The molecule has 12 aromatic heterocycles. The molecule has 0 spiro atoms. The number of ether oxygens (including phenoxy) is 1. The van der Waals surface area contributed by atoms with Gasteiger partial charge in [-0.1, -0.05) is 6.07 Å². The maximum Gasteiger partial charge on any atom is 0.258 e. The minimum atomic E-state index is -0.850. The summed E-state index contributed by atoms with van der Waals surface area (Å²) in [6.45, 7) is 21.2. The van der Waals surface area contributed by atoms with Crippen molar-refractivity contribution < 1.29 is 24.8 Å². The number of fused-ring (bicyclic) bond motifs is 6. The third kappa shape index (κ3) is 16.6. The number of hydrogen-bond acceptors (Lipinski definition) is 23. The summed E-state index contributed by atoms with van der Waals surface area (Å²) in [4.78, 5) is 92.9. The molecule has 0 atom stereocenters. The van der Waals surface area contributed by atoms with E-state index in [-0.39, 0.29) is 33.7 Å². The highest BCUT2D eigenvalue weighted by atomic mass is 32.2. The molecule has 31 heteroatoms. The monoisotopic (exact) mass is 1530 g/mol. The van der Waals surface area contributed by atoms with Crippen molar-refractivity contribution in [2.75, 3.05) is 152 Å². The fourth-order valence-electron chi connectivity index (χ4n) is 14.5. The van der Waals surface area contributed by atoms with Gasteiger partial charge in [0, 0.05) is 187 Å². The van der Waals surface area contributed by atoms with Crippen LogP contribution in [0, 0.1) is 26.6 Å². The Balaban J connectivity index is 0.000000118. The number of quaternary nitrogens is 1. The van der Waals surface area contributed by atoms with Crippen LogP contribution in [0.3, 0.4) is 0 Å². The van der Waals surface area contributed by atoms with Crippen molar-refractivity contribution in [1.82, 2.24) is 82.0 Å². The summed E-state index contributed by atoms with van der Waals surface area (Å²) in [5.41, 5.74) is 15.5. The fourth-order valence-corrected chi connectivity index (χ4v) is 14.9. The van der Waals surface area contributed by atoms with Gasteiger partial charge in [-0.05, 0) is 150 Å². The Kier molecular flexibility index (Phi) is 22.3. The molecule has 0 amide bonds. The molecule has 29 nitrogen and oxygen atoms in total. The lowest BCUT2D eigenvalue weighted by Gasteiger charge is -2.34. The molecule has 0 saturated carbocycles. The zero-order chi connectivity index (χ0) is 77.8. The third-order valence-corrected chi connectivity index (χ3v) is 21.3. The molecule has 4 aliphatic rings. The second-order valence-electron chi connectivity index (χ2n) is 28.3. The van der Waals surface area contributed by atoms with Crippen LogP contribution in [0.1, 0.15) is 23.5 Å². The fraction of sp³-hybridized carbons (Fsp3) is 0.296. The molecule has 4 aliphatic heterocycles. The lowest BCUT2D eigenvalue weighted by atomic mass is 10.1. The summed E-state index contributed by atoms with van der Waals surface area (Å²) in [5, 5.41) is 29.3. The number of aromatic nitrogens is 13. The standard InChI is InChI=1S/C22H24N6O.C21H23N7O.C19H19FN4OS.C19H21N5O4/c1-16-13-27-14-17(4-6-20(27)23-16)19-12-22(29)28-15-18(5-7-21(28)24-19)26-9-3-8-25(2)10-11-26;1-14-12-28-19(15(2)22-14)10-18(24-28)17-11-21(29)27-13-16(4-5-20(27)23-17)26-8-6-25(3)7-9-26;1-26-17-4-2-13(10-15(17)20)16-11-19(25)24-12-14(3-5-18(24)22-16)23-8-6-21-7-9-23;1-28-17-4-2-13(10-16(17)24(26)27)15-11-19(25)23-12-14(3-5-18(23)21-15)22-8-6-20-7-9-22/h4-7,12-15H,3,8-11H2,1-2H3;4-5,10-13H,6-9H2,1-3H3;2-5,10-12,21H,6-9H2,1H3;2-5,10-12,20,26-27H,6-9H2,1H3/p+1. The Morgan fingerprint density at radius 1 is 0.438 bits per heavy atom. The summed E-state index contributed by atoms with van der Waals surface area (Å²) in [6.07, 6.45) is 16.2. The average molecular weight is 1530 g/mol. The topological polar surface area (TPSA) is 283 Å². The number of anilines is 4. The van der Waals surface area contributed by atoms with Crippen molar-refractivity contribution in [3.05, 3.63) is 235 Å². The van der Waals surface area contributed by atoms with Gasteiger partial charge in [-0.25, -0.2) is 33.8 Å². The van der Waals surface area contributed by atoms with Crippen LogP contribution in [0.4, 0.5) is 32.8 Å². The Morgan fingerprint density at radius 3 is 1.38 bits per heavy atom. The Bertz CT molecular complexity index is 6080. The number of methoxy groups -OCH3 is 1. The molecule has 576 valence electrons.